The summed E-state index contributed by atoms with van der Waals surface area (Å²) < 4.78 is 34.6. The van der Waals surface area contributed by atoms with Crippen molar-refractivity contribution in [2.45, 2.75) is 63.0 Å². The molecule has 16 nitrogen and oxygen atoms in total. The maximum atomic E-state index is 13.7. The third-order valence-corrected chi connectivity index (χ3v) is 9.33. The second-order valence-corrected chi connectivity index (χ2v) is 12.3. The molecule has 0 aliphatic carbocycles. The zero-order valence-electron chi connectivity index (χ0n) is 24.1. The molecule has 0 radical (unpaired) electrons. The molecule has 1 saturated heterocycles. The topological polar surface area (TPSA) is 196 Å². The molecule has 3 heterocycles. The molecule has 3 aliphatic heterocycles. The number of amidine groups is 1. The van der Waals surface area contributed by atoms with Gasteiger partial charge in [0.2, 0.25) is 10.0 Å². The van der Waals surface area contributed by atoms with Gasteiger partial charge in [-0.3, -0.25) is 4.79 Å². The lowest BCUT2D eigenvalue weighted by atomic mass is 9.92. The molecule has 0 saturated carbocycles. The Morgan fingerprint density at radius 3 is 2.44 bits per heavy atom. The van der Waals surface area contributed by atoms with E-state index in [1.165, 1.54) is 22.5 Å². The third kappa shape index (κ3) is 7.10. The number of nitrogens with zero attached hydrogens (tertiary/aromatic N) is 6. The number of ether oxygens (including phenoxy) is 1. The number of hydrogen-bond acceptors (Lipinski definition) is 12. The number of piperidine rings is 1. The first-order valence-electron chi connectivity index (χ1n) is 14.0. The van der Waals surface area contributed by atoms with Gasteiger partial charge in [0.15, 0.2) is 11.9 Å². The number of carbonyl (C=O) groups is 1. The van der Waals surface area contributed by atoms with Crippen molar-refractivity contribution in [2.75, 3.05) is 33.4 Å². The second kappa shape index (κ2) is 13.5. The van der Waals surface area contributed by atoms with Gasteiger partial charge in [-0.25, -0.2) is 13.4 Å². The van der Waals surface area contributed by atoms with Crippen LogP contribution in [-0.2, 0) is 24.5 Å². The molecule has 1 unspecified atom stereocenters. The van der Waals surface area contributed by atoms with E-state index in [4.69, 9.17) is 9.73 Å². The largest absolute Gasteiger partial charge is 0.493 e. The molecule has 0 bridgehead atoms. The Hall–Kier alpha value is -4.12. The van der Waals surface area contributed by atoms with Crippen LogP contribution in [-0.4, -0.2) is 90.7 Å². The third-order valence-electron chi connectivity index (χ3n) is 7.43. The van der Waals surface area contributed by atoms with Crippen LogP contribution in [0.5, 0.6) is 5.75 Å². The fourth-order valence-corrected chi connectivity index (χ4v) is 6.88. The van der Waals surface area contributed by atoms with Crippen molar-refractivity contribution in [2.24, 2.45) is 15.9 Å². The minimum atomic E-state index is -4.06. The van der Waals surface area contributed by atoms with Gasteiger partial charge in [0.05, 0.1) is 22.8 Å². The van der Waals surface area contributed by atoms with E-state index in [2.05, 4.69) is 14.7 Å². The first kappa shape index (κ1) is 31.8. The molecule has 4 rings (SSSR count). The number of hydrogen-bond donors (Lipinski definition) is 0. The molecule has 1 aromatic rings. The lowest BCUT2D eigenvalue weighted by molar-refractivity contribution is -0.791. The molecule has 1 amide bonds. The lowest BCUT2D eigenvalue weighted by Gasteiger charge is -2.34. The number of aliphatic imine (C=N–C) groups is 2. The van der Waals surface area contributed by atoms with Crippen molar-refractivity contribution in [3.8, 4) is 5.75 Å². The highest BCUT2D eigenvalue weighted by Gasteiger charge is 2.39. The highest BCUT2D eigenvalue weighted by molar-refractivity contribution is 7.89. The summed E-state index contributed by atoms with van der Waals surface area (Å²) in [6, 6.07) is 3.70. The number of fused-ring (bicyclic) bond motifs is 1. The Morgan fingerprint density at radius 1 is 1.09 bits per heavy atom. The SMILES string of the molecule is CCCOc1ccc(S(=O)(=O)N2CCC([C@H](CO[N+](=O)[O-])O[N+](=O)[O-])CC2)cc1C1=NC(=O)C2C(=N1)C(CCC)=CN2C. The van der Waals surface area contributed by atoms with Gasteiger partial charge < -0.3 is 19.3 Å². The van der Waals surface area contributed by atoms with Crippen LogP contribution in [0, 0.1) is 26.1 Å². The molecule has 1 aromatic carbocycles. The molecule has 43 heavy (non-hydrogen) atoms. The van der Waals surface area contributed by atoms with Gasteiger partial charge in [-0.1, -0.05) is 20.3 Å². The van der Waals surface area contributed by atoms with Crippen molar-refractivity contribution >= 4 is 27.5 Å². The van der Waals surface area contributed by atoms with Gasteiger partial charge in [0.1, 0.15) is 18.5 Å². The quantitative estimate of drug-likeness (QED) is 0.218. The van der Waals surface area contributed by atoms with Crippen LogP contribution < -0.4 is 4.74 Å². The van der Waals surface area contributed by atoms with Crippen LogP contribution in [0.4, 0.5) is 0 Å². The summed E-state index contributed by atoms with van der Waals surface area (Å²) in [7, 11) is -2.28. The van der Waals surface area contributed by atoms with Gasteiger partial charge >= 0.3 is 0 Å². The minimum Gasteiger partial charge on any atom is -0.493 e. The molecule has 1 fully saturated rings. The molecule has 17 heteroatoms. The van der Waals surface area contributed by atoms with Crippen molar-refractivity contribution in [1.82, 2.24) is 9.21 Å². The molecule has 2 atom stereocenters. The van der Waals surface area contributed by atoms with Gasteiger partial charge in [-0.15, -0.1) is 20.2 Å². The van der Waals surface area contributed by atoms with Gasteiger partial charge in [0, 0.05) is 26.3 Å². The van der Waals surface area contributed by atoms with E-state index >= 15 is 0 Å². The molecule has 0 aromatic heterocycles. The van der Waals surface area contributed by atoms with Gasteiger partial charge in [0.25, 0.3) is 16.1 Å². The maximum absolute atomic E-state index is 13.7. The zero-order chi connectivity index (χ0) is 31.3. The zero-order valence-corrected chi connectivity index (χ0v) is 24.9. The van der Waals surface area contributed by atoms with Crippen LogP contribution in [0.25, 0.3) is 0 Å². The minimum absolute atomic E-state index is 0.00657. The summed E-state index contributed by atoms with van der Waals surface area (Å²) in [6.45, 7) is 3.64. The smallest absolute Gasteiger partial charge is 0.294 e. The van der Waals surface area contributed by atoms with Crippen LogP contribution in [0.3, 0.4) is 0 Å². The van der Waals surface area contributed by atoms with Crippen LogP contribution in [0.15, 0.2) is 44.9 Å². The van der Waals surface area contributed by atoms with E-state index in [0.717, 1.165) is 18.4 Å². The van der Waals surface area contributed by atoms with E-state index in [1.54, 1.807) is 11.9 Å². The number of carbonyl (C=O) groups excluding carboxylic acids is 1. The van der Waals surface area contributed by atoms with Crippen LogP contribution in [0.2, 0.25) is 0 Å². The Balaban J connectivity index is 1.60. The predicted octanol–water partition coefficient (Wildman–Crippen LogP) is 2.39. The normalized spacial score (nSPS) is 20.1. The van der Waals surface area contributed by atoms with E-state index in [1.807, 2.05) is 20.0 Å². The summed E-state index contributed by atoms with van der Waals surface area (Å²) in [5.41, 5.74) is 1.77. The average Bonchev–Trinajstić information content (AvgIpc) is 3.29. The fourth-order valence-electron chi connectivity index (χ4n) is 5.38. The highest BCUT2D eigenvalue weighted by atomic mass is 32.2. The average molecular weight is 623 g/mol. The van der Waals surface area contributed by atoms with E-state index in [0.29, 0.717) is 24.5 Å². The van der Waals surface area contributed by atoms with Gasteiger partial charge in [-0.2, -0.15) is 9.30 Å². The molecule has 234 valence electrons. The number of amides is 1. The number of likely N-dealkylation sites (N-methyl/N-ethyl adjacent to an activating group) is 1. The monoisotopic (exact) mass is 622 g/mol. The van der Waals surface area contributed by atoms with Crippen molar-refractivity contribution in [3.05, 3.63) is 55.8 Å². The highest BCUT2D eigenvalue weighted by Crippen LogP contribution is 2.32. The summed E-state index contributed by atoms with van der Waals surface area (Å²) in [5, 5.41) is 19.4. The van der Waals surface area contributed by atoms with E-state index in [-0.39, 0.29) is 42.2 Å². The molecule has 0 spiro atoms. The number of benzene rings is 1. The second-order valence-electron chi connectivity index (χ2n) is 10.4. The summed E-state index contributed by atoms with van der Waals surface area (Å²) >= 11 is 0. The summed E-state index contributed by atoms with van der Waals surface area (Å²) in [4.78, 5) is 54.1. The van der Waals surface area contributed by atoms with Crippen molar-refractivity contribution < 1.29 is 37.8 Å². The predicted molar refractivity (Wildman–Crippen MR) is 152 cm³/mol. The molecular weight excluding hydrogens is 588 g/mol. The van der Waals surface area contributed by atoms with E-state index in [9.17, 15) is 33.4 Å². The van der Waals surface area contributed by atoms with Crippen LogP contribution >= 0.6 is 0 Å². The van der Waals surface area contributed by atoms with Gasteiger partial charge in [-0.05, 0) is 55.4 Å². The molecule has 0 N–H and O–H groups in total. The van der Waals surface area contributed by atoms with Crippen molar-refractivity contribution in [3.63, 3.8) is 0 Å². The van der Waals surface area contributed by atoms with Crippen molar-refractivity contribution in [1.29, 1.82) is 0 Å². The number of rotatable bonds is 14. The first-order chi connectivity index (χ1) is 20.5. The Morgan fingerprint density at radius 2 is 1.81 bits per heavy atom. The lowest BCUT2D eigenvalue weighted by Crippen LogP contribution is -2.43. The Kier molecular flexibility index (Phi) is 9.95. The summed E-state index contributed by atoms with van der Waals surface area (Å²) in [5.74, 6) is -0.541. The summed E-state index contributed by atoms with van der Waals surface area (Å²) in [6.07, 6.45) is 3.22. The van der Waals surface area contributed by atoms with E-state index < -0.39 is 50.8 Å². The molecular formula is C26H34N6O10S. The maximum Gasteiger partial charge on any atom is 0.294 e. The Labute approximate surface area is 248 Å². The molecule has 3 aliphatic rings. The number of sulfonamides is 1. The fraction of sp³-hybridized carbons (Fsp3) is 0.577. The Bertz CT molecular complexity index is 1450. The first-order valence-corrected chi connectivity index (χ1v) is 15.4. The standard InChI is InChI=1S/C26H34N6O10S/c1-4-6-18-15-29(3)24-23(18)27-25(28-26(24)33)20-14-19(7-8-21(20)40-13-5-2)43(38,39)30-11-9-17(10-12-30)22(42-32(36)37)16-41-31(34)35/h7-8,14-15,17,22,24H,4-6,9-13,16H2,1-3H3/t22-,24?/m0/s1. The van der Waals surface area contributed by atoms with Crippen LogP contribution in [0.1, 0.15) is 51.5 Å².